The van der Waals surface area contributed by atoms with Crippen molar-refractivity contribution >= 4 is 5.91 Å². The van der Waals surface area contributed by atoms with E-state index >= 15 is 0 Å². The number of amides is 1. The molecule has 0 aromatic heterocycles. The third-order valence-electron chi connectivity index (χ3n) is 4.83. The van der Waals surface area contributed by atoms with E-state index in [1.54, 1.807) is 0 Å². The molecule has 2 aliphatic heterocycles. The number of nitrogens with zero attached hydrogens (tertiary/aromatic N) is 1. The van der Waals surface area contributed by atoms with Gasteiger partial charge in [0.2, 0.25) is 5.91 Å². The molecule has 3 aliphatic rings. The van der Waals surface area contributed by atoms with Crippen molar-refractivity contribution < 1.29 is 4.79 Å². The van der Waals surface area contributed by atoms with Crippen LogP contribution in [-0.4, -0.2) is 36.0 Å². The minimum absolute atomic E-state index is 0.455. The van der Waals surface area contributed by atoms with Gasteiger partial charge in [-0.2, -0.15) is 0 Å². The Morgan fingerprint density at radius 2 is 1.82 bits per heavy atom. The minimum Gasteiger partial charge on any atom is -0.337 e. The lowest BCUT2D eigenvalue weighted by Crippen LogP contribution is -2.57. The van der Waals surface area contributed by atoms with Crippen molar-refractivity contribution in [2.24, 2.45) is 5.92 Å². The normalized spacial score (nSPS) is 37.0. The summed E-state index contributed by atoms with van der Waals surface area (Å²) in [7, 11) is 2.06. The lowest BCUT2D eigenvalue weighted by atomic mass is 9.81. The molecule has 0 aromatic carbocycles. The zero-order valence-corrected chi connectivity index (χ0v) is 10.8. The van der Waals surface area contributed by atoms with Crippen LogP contribution in [0.1, 0.15) is 51.4 Å². The van der Waals surface area contributed by atoms with Crippen LogP contribution in [-0.2, 0) is 4.79 Å². The zero-order chi connectivity index (χ0) is 11.8. The van der Waals surface area contributed by atoms with Crippen LogP contribution < -0.4 is 5.32 Å². The zero-order valence-electron chi connectivity index (χ0n) is 10.8. The average molecular weight is 236 g/mol. The van der Waals surface area contributed by atoms with E-state index in [-0.39, 0.29) is 0 Å². The van der Waals surface area contributed by atoms with Gasteiger partial charge in [-0.1, -0.05) is 0 Å². The number of hydrogen-bond donors (Lipinski definition) is 1. The molecular formula is C14H24N2O. The Hall–Kier alpha value is -0.570. The molecule has 2 saturated heterocycles. The second-order valence-corrected chi connectivity index (χ2v) is 6.14. The fourth-order valence-electron chi connectivity index (χ4n) is 3.70. The molecule has 1 amide bonds. The van der Waals surface area contributed by atoms with Gasteiger partial charge in [0, 0.05) is 24.5 Å². The molecule has 1 saturated carbocycles. The molecule has 0 radical (unpaired) electrons. The number of carbonyl (C=O) groups is 1. The number of hydrogen-bond acceptors (Lipinski definition) is 2. The summed E-state index contributed by atoms with van der Waals surface area (Å²) >= 11 is 0. The summed E-state index contributed by atoms with van der Waals surface area (Å²) in [4.78, 5) is 14.6. The Kier molecular flexibility index (Phi) is 3.12. The van der Waals surface area contributed by atoms with Crippen LogP contribution in [0.3, 0.4) is 0 Å². The maximum Gasteiger partial charge on any atom is 0.223 e. The Labute approximate surface area is 104 Å². The fourth-order valence-corrected chi connectivity index (χ4v) is 3.70. The van der Waals surface area contributed by atoms with Crippen molar-refractivity contribution in [1.82, 2.24) is 10.2 Å². The van der Waals surface area contributed by atoms with E-state index in [1.807, 2.05) is 0 Å². The van der Waals surface area contributed by atoms with E-state index in [1.165, 1.54) is 44.9 Å². The summed E-state index contributed by atoms with van der Waals surface area (Å²) in [6, 6.07) is 1.70. The average Bonchev–Trinajstić information content (AvgIpc) is 3.11. The van der Waals surface area contributed by atoms with Crippen LogP contribution >= 0.6 is 0 Å². The van der Waals surface area contributed by atoms with Crippen LogP contribution in [0.25, 0.3) is 0 Å². The third-order valence-corrected chi connectivity index (χ3v) is 4.83. The molecule has 1 N–H and O–H groups in total. The highest BCUT2D eigenvalue weighted by atomic mass is 16.2. The predicted molar refractivity (Wildman–Crippen MR) is 67.7 cm³/mol. The minimum atomic E-state index is 0.455. The number of piperidine rings is 2. The predicted octanol–water partition coefficient (Wildman–Crippen LogP) is 1.92. The first-order valence-corrected chi connectivity index (χ1v) is 7.26. The highest BCUT2D eigenvalue weighted by Gasteiger charge is 2.41. The highest BCUT2D eigenvalue weighted by Crippen LogP contribution is 2.38. The molecule has 3 atom stereocenters. The second kappa shape index (κ2) is 4.60. The van der Waals surface area contributed by atoms with Crippen molar-refractivity contribution in [3.8, 4) is 0 Å². The first kappa shape index (κ1) is 11.5. The van der Waals surface area contributed by atoms with Crippen molar-refractivity contribution in [2.45, 2.75) is 69.5 Å². The smallest absolute Gasteiger partial charge is 0.223 e. The van der Waals surface area contributed by atoms with Gasteiger partial charge >= 0.3 is 0 Å². The monoisotopic (exact) mass is 236 g/mol. The van der Waals surface area contributed by atoms with E-state index < -0.39 is 0 Å². The van der Waals surface area contributed by atoms with E-state index in [0.717, 1.165) is 12.3 Å². The molecule has 17 heavy (non-hydrogen) atoms. The molecule has 96 valence electrons. The molecular weight excluding hydrogens is 212 g/mol. The van der Waals surface area contributed by atoms with Crippen molar-refractivity contribution in [3.63, 3.8) is 0 Å². The lowest BCUT2D eigenvalue weighted by Gasteiger charge is -2.49. The molecule has 3 rings (SSSR count). The summed E-state index contributed by atoms with van der Waals surface area (Å²) in [5.74, 6) is 1.18. The topological polar surface area (TPSA) is 32.3 Å². The summed E-state index contributed by atoms with van der Waals surface area (Å²) in [5.41, 5.74) is 0. The van der Waals surface area contributed by atoms with Gasteiger partial charge in [-0.3, -0.25) is 4.79 Å². The molecule has 3 nitrogen and oxygen atoms in total. The van der Waals surface area contributed by atoms with Crippen molar-refractivity contribution in [1.29, 1.82) is 0 Å². The van der Waals surface area contributed by atoms with E-state index in [9.17, 15) is 4.79 Å². The first-order chi connectivity index (χ1) is 8.28. The van der Waals surface area contributed by atoms with Gasteiger partial charge in [0.05, 0.1) is 0 Å². The van der Waals surface area contributed by atoms with Crippen LogP contribution in [0.4, 0.5) is 0 Å². The Morgan fingerprint density at radius 3 is 2.35 bits per heavy atom. The van der Waals surface area contributed by atoms with Crippen LogP contribution in [0.15, 0.2) is 0 Å². The molecule has 0 unspecified atom stereocenters. The quantitative estimate of drug-likeness (QED) is 0.812. The van der Waals surface area contributed by atoms with Gasteiger partial charge in [0.1, 0.15) is 0 Å². The SMILES string of the molecule is CN[C@H]1C[C@H]2CCC[C@@H](C1)N2C(=O)CC1CC1. The Morgan fingerprint density at radius 1 is 1.18 bits per heavy atom. The van der Waals surface area contributed by atoms with Gasteiger partial charge in [0.15, 0.2) is 0 Å². The number of rotatable bonds is 3. The molecule has 3 heteroatoms. The van der Waals surface area contributed by atoms with Gasteiger partial charge in [-0.25, -0.2) is 0 Å². The molecule has 1 aliphatic carbocycles. The summed E-state index contributed by atoms with van der Waals surface area (Å²) < 4.78 is 0. The lowest BCUT2D eigenvalue weighted by molar-refractivity contribution is -0.141. The van der Waals surface area contributed by atoms with Gasteiger partial charge < -0.3 is 10.2 Å². The second-order valence-electron chi connectivity index (χ2n) is 6.14. The summed E-state index contributed by atoms with van der Waals surface area (Å²) in [5, 5.41) is 3.41. The third kappa shape index (κ3) is 2.35. The van der Waals surface area contributed by atoms with Gasteiger partial charge in [-0.15, -0.1) is 0 Å². The van der Waals surface area contributed by atoms with E-state index in [2.05, 4.69) is 17.3 Å². The maximum absolute atomic E-state index is 12.4. The Balaban J connectivity index is 1.68. The Bertz CT molecular complexity index is 287. The van der Waals surface area contributed by atoms with Crippen molar-refractivity contribution in [3.05, 3.63) is 0 Å². The van der Waals surface area contributed by atoms with Crippen LogP contribution in [0, 0.1) is 5.92 Å². The molecule has 2 heterocycles. The van der Waals surface area contributed by atoms with Crippen LogP contribution in [0.2, 0.25) is 0 Å². The number of carbonyl (C=O) groups excluding carboxylic acids is 1. The number of nitrogens with one attached hydrogen (secondary N) is 1. The fraction of sp³-hybridized carbons (Fsp3) is 0.929. The van der Waals surface area contributed by atoms with Crippen LogP contribution in [0.5, 0.6) is 0 Å². The largest absolute Gasteiger partial charge is 0.337 e. The van der Waals surface area contributed by atoms with Crippen molar-refractivity contribution in [2.75, 3.05) is 7.05 Å². The summed E-state index contributed by atoms with van der Waals surface area (Å²) in [6.07, 6.45) is 9.52. The highest BCUT2D eigenvalue weighted by molar-refractivity contribution is 5.77. The van der Waals surface area contributed by atoms with Gasteiger partial charge in [0.25, 0.3) is 0 Å². The standard InChI is InChI=1S/C14H24N2O/c1-15-11-8-12-3-2-4-13(9-11)16(12)14(17)7-10-5-6-10/h10-13,15H,2-9H2,1H3/t11-,12+,13-. The molecule has 2 bridgehead atoms. The van der Waals surface area contributed by atoms with Gasteiger partial charge in [-0.05, 0) is 57.9 Å². The van der Waals surface area contributed by atoms with E-state index in [0.29, 0.717) is 24.0 Å². The summed E-state index contributed by atoms with van der Waals surface area (Å²) in [6.45, 7) is 0. The number of fused-ring (bicyclic) bond motifs is 2. The molecule has 0 aromatic rings. The first-order valence-electron chi connectivity index (χ1n) is 7.26. The molecule has 3 fully saturated rings. The van der Waals surface area contributed by atoms with E-state index in [4.69, 9.17) is 0 Å². The maximum atomic E-state index is 12.4. The molecule has 0 spiro atoms.